The quantitative estimate of drug-likeness (QED) is 0.0724. The summed E-state index contributed by atoms with van der Waals surface area (Å²) in [7, 11) is -4.67. The molecule has 10 rings (SSSR count). The molecule has 2 atom stereocenters. The molecule has 5 heterocycles. The van der Waals surface area contributed by atoms with Crippen LogP contribution in [0.5, 0.6) is 17.2 Å². The Bertz CT molecular complexity index is 2830. The number of hydrogen-bond donors (Lipinski definition) is 4. The predicted molar refractivity (Wildman–Crippen MR) is 260 cm³/mol. The van der Waals surface area contributed by atoms with Crippen molar-refractivity contribution in [3.8, 4) is 17.2 Å². The normalized spacial score (nSPS) is 24.2. The van der Waals surface area contributed by atoms with Crippen LogP contribution < -0.4 is 24.4 Å². The van der Waals surface area contributed by atoms with E-state index in [0.29, 0.717) is 55.1 Å². The Morgan fingerprint density at radius 2 is 1.81 bits per heavy atom. The molecule has 3 aliphatic heterocycles. The van der Waals surface area contributed by atoms with Crippen LogP contribution in [0, 0.1) is 21.4 Å². The molecule has 17 heteroatoms. The number of nitro benzene ring substituents is 1. The molecule has 354 valence electrons. The number of pyridine rings is 1. The second-order valence-electron chi connectivity index (χ2n) is 20.1. The van der Waals surface area contributed by atoms with Crippen molar-refractivity contribution < 1.29 is 32.7 Å². The van der Waals surface area contributed by atoms with E-state index in [4.69, 9.17) is 9.47 Å². The molecule has 4 N–H and O–H groups in total. The predicted octanol–water partition coefficient (Wildman–Crippen LogP) is 9.97. The van der Waals surface area contributed by atoms with Crippen LogP contribution in [0.2, 0.25) is 0 Å². The zero-order valence-electron chi connectivity index (χ0n) is 38.1. The van der Waals surface area contributed by atoms with Crippen LogP contribution >= 0.6 is 15.9 Å². The third-order valence-electron chi connectivity index (χ3n) is 15.4. The lowest BCUT2D eigenvalue weighted by molar-refractivity contribution is -0.384. The topological polar surface area (TPSA) is 192 Å². The summed E-state index contributed by atoms with van der Waals surface area (Å²) in [5, 5.41) is 26.9. The average Bonchev–Trinajstić information content (AvgIpc) is 3.94. The molecule has 0 bridgehead atoms. The summed E-state index contributed by atoms with van der Waals surface area (Å²) in [6.07, 6.45) is 12.8. The van der Waals surface area contributed by atoms with Gasteiger partial charge in [-0.1, -0.05) is 38.1 Å². The molecule has 4 fully saturated rings. The first-order chi connectivity index (χ1) is 32.1. The lowest BCUT2D eigenvalue weighted by Gasteiger charge is -2.56. The third-order valence-corrected chi connectivity index (χ3v) is 17.3. The van der Waals surface area contributed by atoms with Gasteiger partial charge in [0, 0.05) is 65.1 Å². The molecule has 5 aliphatic rings. The van der Waals surface area contributed by atoms with Gasteiger partial charge in [0.15, 0.2) is 11.4 Å². The molecule has 15 nitrogen and oxygen atoms in total. The lowest BCUT2D eigenvalue weighted by Crippen LogP contribution is -2.54. The van der Waals surface area contributed by atoms with E-state index in [1.807, 2.05) is 13.0 Å². The summed E-state index contributed by atoms with van der Waals surface area (Å²) in [5.74, 6) is 0.0874. The molecular formula is C50H58BrN7O8S. The maximum Gasteiger partial charge on any atom is 0.297 e. The number of ether oxygens (including phenoxy) is 2. The molecule has 5 aromatic rings. The number of nitrogens with zero attached hydrogens (tertiary/aromatic N) is 4. The van der Waals surface area contributed by atoms with Crippen molar-refractivity contribution in [2.24, 2.45) is 11.3 Å². The number of halogens is 1. The van der Waals surface area contributed by atoms with Crippen LogP contribution in [0.15, 0.2) is 82.4 Å². The molecule has 3 aromatic carbocycles. The number of likely N-dealkylation sites (tertiary alicyclic amines) is 1. The number of anilines is 2. The van der Waals surface area contributed by atoms with E-state index in [-0.39, 0.29) is 46.7 Å². The SMILES string of the molecule is CC(C)c1ccccc1[C@H]1CCCN1C1CC2(CCN(c3ccc(C(=O)NS(=O)(=O)c4cc5c(c([N+](=O)[O-])c4)N[C@@H](C4CCC(C)(O)CC4)CO5)c(Oc4cnc5[nH]cc(Br)c5c4)c3)CC2)C1. The molecule has 0 radical (unpaired) electrons. The number of sulfonamides is 1. The number of carbonyl (C=O) groups is 1. The fourth-order valence-corrected chi connectivity index (χ4v) is 12.9. The minimum absolute atomic E-state index is 0.00153. The zero-order valence-corrected chi connectivity index (χ0v) is 40.5. The van der Waals surface area contributed by atoms with Crippen molar-refractivity contribution in [1.29, 1.82) is 0 Å². The number of aliphatic hydroxyl groups is 1. The number of benzene rings is 3. The Labute approximate surface area is 399 Å². The number of rotatable bonds is 11. The van der Waals surface area contributed by atoms with Gasteiger partial charge in [-0.2, -0.15) is 0 Å². The van der Waals surface area contributed by atoms with Crippen LogP contribution in [-0.2, 0) is 10.0 Å². The Hall–Kier alpha value is -5.23. The van der Waals surface area contributed by atoms with E-state index in [2.05, 4.69) is 83.8 Å². The summed E-state index contributed by atoms with van der Waals surface area (Å²) in [6.45, 7) is 9.33. The smallest absolute Gasteiger partial charge is 0.297 e. The van der Waals surface area contributed by atoms with Crippen molar-refractivity contribution in [2.75, 3.05) is 36.5 Å². The van der Waals surface area contributed by atoms with Crippen LogP contribution in [0.1, 0.15) is 118 Å². The van der Waals surface area contributed by atoms with Crippen molar-refractivity contribution in [3.05, 3.63) is 104 Å². The first-order valence-electron chi connectivity index (χ1n) is 23.6. The van der Waals surface area contributed by atoms with Crippen LogP contribution in [0.4, 0.5) is 17.1 Å². The Balaban J connectivity index is 0.863. The van der Waals surface area contributed by atoms with Gasteiger partial charge in [0.05, 0.1) is 33.2 Å². The van der Waals surface area contributed by atoms with Crippen LogP contribution in [-0.4, -0.2) is 83.1 Å². The highest BCUT2D eigenvalue weighted by atomic mass is 79.9. The second-order valence-corrected chi connectivity index (χ2v) is 22.7. The van der Waals surface area contributed by atoms with E-state index in [9.17, 15) is 28.4 Å². The van der Waals surface area contributed by atoms with E-state index >= 15 is 0 Å². The minimum atomic E-state index is -4.67. The largest absolute Gasteiger partial charge is 0.489 e. The van der Waals surface area contributed by atoms with Gasteiger partial charge in [-0.05, 0) is 140 Å². The van der Waals surface area contributed by atoms with Gasteiger partial charge in [-0.15, -0.1) is 0 Å². The van der Waals surface area contributed by atoms with Crippen LogP contribution in [0.3, 0.4) is 0 Å². The number of aromatic amines is 1. The maximum absolute atomic E-state index is 14.2. The highest BCUT2D eigenvalue weighted by molar-refractivity contribution is 9.10. The standard InChI is InChI=1S/C50H58BrN7O8S/c1-30(2)36-7-4-5-8-37(36)42-9-6-18-57(42)33-25-50(26-33)16-19-56(20-17-50)32-10-11-38(44(21-32)66-34-22-39-40(51)28-53-47(39)52-27-34)48(59)55-67(63,64)35-23-43(58(61)62)46-45(24-35)65-29-41(54-46)31-12-14-49(3,60)15-13-31/h4-5,7-8,10-11,21-24,27-28,30-31,33,41-42,54,60H,6,9,12-20,25-26,29H2,1-3H3,(H,52,53)(H,55,59)/t31?,41-,42-,49?/m1/s1. The highest BCUT2D eigenvalue weighted by Crippen LogP contribution is 2.54. The summed E-state index contributed by atoms with van der Waals surface area (Å²) in [6, 6.07) is 18.8. The molecule has 2 aliphatic carbocycles. The van der Waals surface area contributed by atoms with Gasteiger partial charge < -0.3 is 29.8 Å². The minimum Gasteiger partial charge on any atom is -0.489 e. The summed E-state index contributed by atoms with van der Waals surface area (Å²) >= 11 is 3.54. The van der Waals surface area contributed by atoms with Crippen LogP contribution in [0.25, 0.3) is 11.0 Å². The Morgan fingerprint density at radius 1 is 1.04 bits per heavy atom. The molecule has 2 saturated carbocycles. The van der Waals surface area contributed by atoms with Gasteiger partial charge in [0.1, 0.15) is 23.8 Å². The number of amides is 1. The van der Waals surface area contributed by atoms with Crippen molar-refractivity contribution in [2.45, 2.75) is 120 Å². The molecule has 1 amide bonds. The van der Waals surface area contributed by atoms with Gasteiger partial charge in [-0.3, -0.25) is 19.8 Å². The van der Waals surface area contributed by atoms with E-state index < -0.39 is 37.0 Å². The van der Waals surface area contributed by atoms with E-state index in [1.165, 1.54) is 49.1 Å². The molecule has 0 unspecified atom stereocenters. The number of piperidine rings is 1. The maximum atomic E-state index is 14.2. The molecule has 2 saturated heterocycles. The van der Waals surface area contributed by atoms with Crippen molar-refractivity contribution in [3.63, 3.8) is 0 Å². The molecule has 1 spiro atoms. The van der Waals surface area contributed by atoms with Crippen molar-refractivity contribution in [1.82, 2.24) is 19.6 Å². The van der Waals surface area contributed by atoms with E-state index in [0.717, 1.165) is 54.1 Å². The molecule has 2 aromatic heterocycles. The van der Waals surface area contributed by atoms with Crippen molar-refractivity contribution >= 4 is 60.0 Å². The Kier molecular flexibility index (Phi) is 12.0. The summed E-state index contributed by atoms with van der Waals surface area (Å²) in [4.78, 5) is 38.0. The molecule has 67 heavy (non-hydrogen) atoms. The van der Waals surface area contributed by atoms with Gasteiger partial charge >= 0.3 is 0 Å². The van der Waals surface area contributed by atoms with Gasteiger partial charge in [-0.25, -0.2) is 18.1 Å². The highest BCUT2D eigenvalue weighted by Gasteiger charge is 2.50. The number of hydrogen-bond acceptors (Lipinski definition) is 12. The summed E-state index contributed by atoms with van der Waals surface area (Å²) < 4.78 is 43.3. The fourth-order valence-electron chi connectivity index (χ4n) is 11.5. The summed E-state index contributed by atoms with van der Waals surface area (Å²) in [5.41, 5.74) is 3.51. The zero-order chi connectivity index (χ0) is 46.8. The monoisotopic (exact) mass is 995 g/mol. The average molecular weight is 997 g/mol. The van der Waals surface area contributed by atoms with E-state index in [1.54, 1.807) is 24.4 Å². The van der Waals surface area contributed by atoms with Gasteiger partial charge in [0.2, 0.25) is 0 Å². The number of carbonyl (C=O) groups excluding carboxylic acids is 1. The first-order valence-corrected chi connectivity index (χ1v) is 25.9. The second kappa shape index (κ2) is 17.7. The number of fused-ring (bicyclic) bond motifs is 2. The fraction of sp³-hybridized carbons (Fsp3) is 0.480. The number of nitrogens with one attached hydrogen (secondary N) is 3. The molecular weight excluding hydrogens is 939 g/mol. The Morgan fingerprint density at radius 3 is 2.55 bits per heavy atom. The lowest BCUT2D eigenvalue weighted by atomic mass is 9.59. The number of nitro groups is 1. The van der Waals surface area contributed by atoms with Gasteiger partial charge in [0.25, 0.3) is 21.6 Å². The third kappa shape index (κ3) is 8.99. The number of aromatic nitrogens is 2. The first kappa shape index (κ1) is 45.5. The number of H-pyrrole nitrogens is 1.